The Bertz CT molecular complexity index is 1030. The van der Waals surface area contributed by atoms with E-state index in [0.29, 0.717) is 39.8 Å². The van der Waals surface area contributed by atoms with Crippen LogP contribution in [0.3, 0.4) is 0 Å². The third-order valence-corrected chi connectivity index (χ3v) is 4.38. The van der Waals surface area contributed by atoms with Crippen LogP contribution in [0.15, 0.2) is 66.7 Å². The number of nitrogens with one attached hydrogen (secondary N) is 2. The SMILES string of the molecule is COc1ccc(NC(=O)c2ccccc2NC(=O)c2cc(OC)cc(OC)c2)cc1. The maximum Gasteiger partial charge on any atom is 0.257 e. The van der Waals surface area contributed by atoms with Crippen LogP contribution in [0, 0.1) is 0 Å². The molecule has 0 aliphatic carbocycles. The average Bonchev–Trinajstić information content (AvgIpc) is 2.79. The quantitative estimate of drug-likeness (QED) is 0.614. The van der Waals surface area contributed by atoms with Crippen molar-refractivity contribution >= 4 is 23.2 Å². The van der Waals surface area contributed by atoms with Crippen LogP contribution >= 0.6 is 0 Å². The minimum atomic E-state index is -0.392. The number of hydrogen-bond donors (Lipinski definition) is 2. The van der Waals surface area contributed by atoms with Crippen molar-refractivity contribution in [2.45, 2.75) is 0 Å². The van der Waals surface area contributed by atoms with Crippen LogP contribution in [0.4, 0.5) is 11.4 Å². The molecule has 0 heterocycles. The van der Waals surface area contributed by atoms with Gasteiger partial charge in [0.05, 0.1) is 32.6 Å². The molecule has 3 aromatic carbocycles. The lowest BCUT2D eigenvalue weighted by Crippen LogP contribution is -2.18. The first-order valence-electron chi connectivity index (χ1n) is 9.13. The van der Waals surface area contributed by atoms with E-state index in [4.69, 9.17) is 14.2 Å². The third kappa shape index (κ3) is 4.88. The van der Waals surface area contributed by atoms with Gasteiger partial charge >= 0.3 is 0 Å². The molecule has 0 unspecified atom stereocenters. The van der Waals surface area contributed by atoms with Crippen molar-refractivity contribution in [2.75, 3.05) is 32.0 Å². The first kappa shape index (κ1) is 20.7. The van der Waals surface area contributed by atoms with Gasteiger partial charge in [0.2, 0.25) is 0 Å². The molecule has 0 radical (unpaired) electrons. The van der Waals surface area contributed by atoms with Gasteiger partial charge in [0.25, 0.3) is 11.8 Å². The molecule has 0 aromatic heterocycles. The molecule has 154 valence electrons. The van der Waals surface area contributed by atoms with Gasteiger partial charge in [-0.2, -0.15) is 0 Å². The van der Waals surface area contributed by atoms with Gasteiger partial charge in [0.1, 0.15) is 17.2 Å². The number of ether oxygens (including phenoxy) is 3. The van der Waals surface area contributed by atoms with Gasteiger partial charge < -0.3 is 24.8 Å². The van der Waals surface area contributed by atoms with Gasteiger partial charge in [-0.3, -0.25) is 9.59 Å². The lowest BCUT2D eigenvalue weighted by atomic mass is 10.1. The van der Waals surface area contributed by atoms with E-state index in [-0.39, 0.29) is 5.91 Å². The monoisotopic (exact) mass is 406 g/mol. The fourth-order valence-corrected chi connectivity index (χ4v) is 2.80. The summed E-state index contributed by atoms with van der Waals surface area (Å²) < 4.78 is 15.5. The molecule has 0 saturated heterocycles. The number of carbonyl (C=O) groups is 2. The minimum absolute atomic E-state index is 0.330. The molecular weight excluding hydrogens is 384 g/mol. The normalized spacial score (nSPS) is 10.1. The highest BCUT2D eigenvalue weighted by molar-refractivity contribution is 6.12. The fourth-order valence-electron chi connectivity index (χ4n) is 2.80. The summed E-state index contributed by atoms with van der Waals surface area (Å²) in [7, 11) is 4.59. The van der Waals surface area contributed by atoms with Crippen molar-refractivity contribution in [3.8, 4) is 17.2 Å². The second kappa shape index (κ2) is 9.47. The Morgan fingerprint density at radius 3 is 1.87 bits per heavy atom. The third-order valence-electron chi connectivity index (χ3n) is 4.38. The maximum atomic E-state index is 12.8. The molecule has 3 aromatic rings. The van der Waals surface area contributed by atoms with Crippen molar-refractivity contribution in [1.82, 2.24) is 0 Å². The molecule has 2 N–H and O–H groups in total. The highest BCUT2D eigenvalue weighted by Crippen LogP contribution is 2.24. The molecule has 3 rings (SSSR count). The highest BCUT2D eigenvalue weighted by atomic mass is 16.5. The standard InChI is InChI=1S/C23H22N2O5/c1-28-17-10-8-16(9-11-17)24-23(27)20-6-4-5-7-21(20)25-22(26)15-12-18(29-2)14-19(13-15)30-3/h4-14H,1-3H3,(H,24,27)(H,25,26). The van der Waals surface area contributed by atoms with E-state index in [0.717, 1.165) is 0 Å². The Morgan fingerprint density at radius 1 is 0.667 bits per heavy atom. The van der Waals surface area contributed by atoms with E-state index < -0.39 is 5.91 Å². The number of para-hydroxylation sites is 1. The Morgan fingerprint density at radius 2 is 1.27 bits per heavy atom. The van der Waals surface area contributed by atoms with E-state index in [9.17, 15) is 9.59 Å². The van der Waals surface area contributed by atoms with Crippen LogP contribution in [0.1, 0.15) is 20.7 Å². The predicted octanol–water partition coefficient (Wildman–Crippen LogP) is 4.22. The van der Waals surface area contributed by atoms with Crippen LogP contribution < -0.4 is 24.8 Å². The molecule has 7 heteroatoms. The summed E-state index contributed by atoms with van der Waals surface area (Å²) in [5, 5.41) is 5.60. The summed E-state index contributed by atoms with van der Waals surface area (Å²) in [5.74, 6) is 0.931. The molecule has 0 spiro atoms. The number of rotatable bonds is 7. The predicted molar refractivity (Wildman–Crippen MR) is 115 cm³/mol. The molecule has 0 saturated carbocycles. The molecule has 0 atom stereocenters. The molecule has 0 bridgehead atoms. The number of amides is 2. The van der Waals surface area contributed by atoms with Gasteiger partial charge in [0, 0.05) is 17.3 Å². The first-order chi connectivity index (χ1) is 14.5. The molecular formula is C23H22N2O5. The molecule has 0 aliphatic rings. The number of methoxy groups -OCH3 is 3. The van der Waals surface area contributed by atoms with Gasteiger partial charge in [-0.15, -0.1) is 0 Å². The van der Waals surface area contributed by atoms with Crippen LogP contribution in [0.25, 0.3) is 0 Å². The second-order valence-corrected chi connectivity index (χ2v) is 6.28. The number of carbonyl (C=O) groups excluding carboxylic acids is 2. The lowest BCUT2D eigenvalue weighted by Gasteiger charge is -2.13. The lowest BCUT2D eigenvalue weighted by molar-refractivity contribution is 0.102. The minimum Gasteiger partial charge on any atom is -0.497 e. The van der Waals surface area contributed by atoms with Gasteiger partial charge in [-0.1, -0.05) is 12.1 Å². The Kier molecular flexibility index (Phi) is 6.54. The number of anilines is 2. The summed E-state index contributed by atoms with van der Waals surface area (Å²) in [5.41, 5.74) is 1.67. The van der Waals surface area contributed by atoms with E-state index in [1.54, 1.807) is 73.8 Å². The van der Waals surface area contributed by atoms with E-state index in [1.807, 2.05) is 0 Å². The largest absolute Gasteiger partial charge is 0.497 e. The Balaban J connectivity index is 1.81. The summed E-state index contributed by atoms with van der Waals surface area (Å²) in [6, 6.07) is 18.6. The smallest absolute Gasteiger partial charge is 0.257 e. The number of benzene rings is 3. The first-order valence-corrected chi connectivity index (χ1v) is 9.13. The van der Waals surface area contributed by atoms with Crippen molar-refractivity contribution in [3.05, 3.63) is 77.9 Å². The zero-order valence-corrected chi connectivity index (χ0v) is 16.9. The molecule has 0 aliphatic heterocycles. The zero-order chi connectivity index (χ0) is 21.5. The van der Waals surface area contributed by atoms with Crippen LogP contribution in [0.2, 0.25) is 0 Å². The summed E-state index contributed by atoms with van der Waals surface area (Å²) in [6.07, 6.45) is 0. The van der Waals surface area contributed by atoms with Crippen molar-refractivity contribution < 1.29 is 23.8 Å². The van der Waals surface area contributed by atoms with E-state index >= 15 is 0 Å². The molecule has 0 fully saturated rings. The second-order valence-electron chi connectivity index (χ2n) is 6.28. The van der Waals surface area contributed by atoms with Crippen LogP contribution in [-0.2, 0) is 0 Å². The summed E-state index contributed by atoms with van der Waals surface area (Å²) in [4.78, 5) is 25.6. The van der Waals surface area contributed by atoms with Crippen molar-refractivity contribution in [1.29, 1.82) is 0 Å². The maximum absolute atomic E-state index is 12.8. The fraction of sp³-hybridized carbons (Fsp3) is 0.130. The summed E-state index contributed by atoms with van der Waals surface area (Å²) >= 11 is 0. The molecule has 30 heavy (non-hydrogen) atoms. The highest BCUT2D eigenvalue weighted by Gasteiger charge is 2.16. The van der Waals surface area contributed by atoms with E-state index in [2.05, 4.69) is 10.6 Å². The number of hydrogen-bond acceptors (Lipinski definition) is 5. The molecule has 2 amide bonds. The van der Waals surface area contributed by atoms with Crippen molar-refractivity contribution in [3.63, 3.8) is 0 Å². The zero-order valence-electron chi connectivity index (χ0n) is 16.9. The summed E-state index contributed by atoms with van der Waals surface area (Å²) in [6.45, 7) is 0. The Labute approximate surface area is 174 Å². The average molecular weight is 406 g/mol. The van der Waals surface area contributed by atoms with Gasteiger partial charge in [0.15, 0.2) is 0 Å². The van der Waals surface area contributed by atoms with Gasteiger partial charge in [-0.25, -0.2) is 0 Å². The van der Waals surface area contributed by atoms with Crippen molar-refractivity contribution in [2.24, 2.45) is 0 Å². The van der Waals surface area contributed by atoms with E-state index in [1.165, 1.54) is 14.2 Å². The molecule has 7 nitrogen and oxygen atoms in total. The van der Waals surface area contributed by atoms with Gasteiger partial charge in [-0.05, 0) is 48.5 Å². The van der Waals surface area contributed by atoms with Crippen LogP contribution in [0.5, 0.6) is 17.2 Å². The van der Waals surface area contributed by atoms with Crippen LogP contribution in [-0.4, -0.2) is 33.1 Å². The topological polar surface area (TPSA) is 85.9 Å². The Hall–Kier alpha value is -4.00.